The Morgan fingerprint density at radius 1 is 1.17 bits per heavy atom. The van der Waals surface area contributed by atoms with E-state index >= 15 is 0 Å². The quantitative estimate of drug-likeness (QED) is 0.711. The standard InChI is InChI=1S/C21H34BN3O4/c1-14-9-16(22-28-19(5,6)20(7,8)29-22)23-25(14)15-10-21(11-15)12-24(13-21)17(26)27-18(2,3)4/h9,15H,10-13H2,1-8H3. The van der Waals surface area contributed by atoms with Gasteiger partial charge in [0.15, 0.2) is 0 Å². The van der Waals surface area contributed by atoms with Gasteiger partial charge in [0, 0.05) is 24.2 Å². The first-order valence-corrected chi connectivity index (χ1v) is 10.6. The van der Waals surface area contributed by atoms with Gasteiger partial charge in [0.25, 0.3) is 0 Å². The minimum atomic E-state index is -0.446. The van der Waals surface area contributed by atoms with E-state index in [1.54, 1.807) is 0 Å². The number of ether oxygens (including phenoxy) is 1. The number of hydrogen-bond donors (Lipinski definition) is 0. The third kappa shape index (κ3) is 3.59. The van der Waals surface area contributed by atoms with Crippen LogP contribution in [0.2, 0.25) is 0 Å². The summed E-state index contributed by atoms with van der Waals surface area (Å²) in [6.07, 6.45) is 1.87. The van der Waals surface area contributed by atoms with Crippen molar-refractivity contribution < 1.29 is 18.8 Å². The summed E-state index contributed by atoms with van der Waals surface area (Å²) < 4.78 is 19.9. The van der Waals surface area contributed by atoms with Crippen molar-refractivity contribution >= 4 is 18.8 Å². The van der Waals surface area contributed by atoms with Gasteiger partial charge >= 0.3 is 13.2 Å². The van der Waals surface area contributed by atoms with Crippen LogP contribution in [0.25, 0.3) is 0 Å². The second kappa shape index (κ2) is 6.23. The minimum absolute atomic E-state index is 0.204. The highest BCUT2D eigenvalue weighted by molar-refractivity contribution is 6.61. The van der Waals surface area contributed by atoms with Gasteiger partial charge in [0.05, 0.1) is 22.8 Å². The molecule has 2 aliphatic heterocycles. The second-order valence-electron chi connectivity index (χ2n) is 11.1. The normalized spacial score (nSPS) is 25.1. The van der Waals surface area contributed by atoms with Crippen molar-refractivity contribution in [3.63, 3.8) is 0 Å². The topological polar surface area (TPSA) is 65.8 Å². The van der Waals surface area contributed by atoms with Crippen LogP contribution in [-0.2, 0) is 14.0 Å². The smallest absolute Gasteiger partial charge is 0.444 e. The van der Waals surface area contributed by atoms with E-state index in [4.69, 9.17) is 19.1 Å². The molecule has 1 aliphatic carbocycles. The molecule has 29 heavy (non-hydrogen) atoms. The molecule has 1 amide bonds. The van der Waals surface area contributed by atoms with Crippen molar-refractivity contribution in [1.82, 2.24) is 14.7 Å². The number of aryl methyl sites for hydroxylation is 1. The van der Waals surface area contributed by atoms with Gasteiger partial charge in [-0.15, -0.1) is 0 Å². The first-order chi connectivity index (χ1) is 13.2. The van der Waals surface area contributed by atoms with E-state index in [2.05, 4.69) is 45.4 Å². The summed E-state index contributed by atoms with van der Waals surface area (Å²) in [4.78, 5) is 14.0. The van der Waals surface area contributed by atoms with E-state index in [1.165, 1.54) is 0 Å². The Kier molecular flexibility index (Phi) is 4.46. The van der Waals surface area contributed by atoms with Crippen LogP contribution in [0.4, 0.5) is 4.79 Å². The molecule has 160 valence electrons. The molecule has 8 heteroatoms. The molecule has 0 unspecified atom stereocenters. The van der Waals surface area contributed by atoms with Gasteiger partial charge in [-0.2, -0.15) is 5.10 Å². The molecule has 0 atom stereocenters. The summed E-state index contributed by atoms with van der Waals surface area (Å²) in [5.74, 6) is 0. The van der Waals surface area contributed by atoms with Gasteiger partial charge < -0.3 is 18.9 Å². The first kappa shape index (κ1) is 20.7. The average Bonchev–Trinajstić information content (AvgIpc) is 2.92. The number of rotatable bonds is 2. The summed E-state index contributed by atoms with van der Waals surface area (Å²) in [7, 11) is -0.430. The number of carbonyl (C=O) groups excluding carboxylic acids is 1. The molecule has 0 aromatic carbocycles. The monoisotopic (exact) mass is 403 g/mol. The fourth-order valence-electron chi connectivity index (χ4n) is 4.55. The fraction of sp³-hybridized carbons (Fsp3) is 0.810. The van der Waals surface area contributed by atoms with Crippen LogP contribution in [0.1, 0.15) is 73.0 Å². The summed E-state index contributed by atoms with van der Waals surface area (Å²) in [6, 6.07) is 2.44. The Morgan fingerprint density at radius 3 is 2.24 bits per heavy atom. The molecule has 3 heterocycles. The van der Waals surface area contributed by atoms with Crippen LogP contribution >= 0.6 is 0 Å². The zero-order valence-corrected chi connectivity index (χ0v) is 19.0. The lowest BCUT2D eigenvalue weighted by molar-refractivity contribution is -0.0930. The third-order valence-corrected chi connectivity index (χ3v) is 6.82. The van der Waals surface area contributed by atoms with E-state index in [9.17, 15) is 4.79 Å². The molecule has 1 saturated carbocycles. The lowest BCUT2D eigenvalue weighted by atomic mass is 9.61. The molecule has 1 aromatic heterocycles. The molecule has 7 nitrogen and oxygen atoms in total. The highest BCUT2D eigenvalue weighted by Crippen LogP contribution is 2.54. The Balaban J connectivity index is 1.35. The van der Waals surface area contributed by atoms with E-state index in [1.807, 2.05) is 25.7 Å². The predicted molar refractivity (Wildman–Crippen MR) is 111 cm³/mol. The zero-order chi connectivity index (χ0) is 21.4. The summed E-state index contributed by atoms with van der Waals surface area (Å²) in [5.41, 5.74) is 1.01. The molecule has 1 aromatic rings. The van der Waals surface area contributed by atoms with Crippen LogP contribution in [0.3, 0.4) is 0 Å². The number of amides is 1. The number of likely N-dealkylation sites (tertiary alicyclic amines) is 1. The average molecular weight is 403 g/mol. The van der Waals surface area contributed by atoms with E-state index in [0.717, 1.165) is 37.2 Å². The summed E-state index contributed by atoms with van der Waals surface area (Å²) >= 11 is 0. The van der Waals surface area contributed by atoms with Gasteiger partial charge in [-0.3, -0.25) is 4.68 Å². The zero-order valence-electron chi connectivity index (χ0n) is 19.0. The number of nitrogens with zero attached hydrogens (tertiary/aromatic N) is 3. The second-order valence-corrected chi connectivity index (χ2v) is 11.1. The van der Waals surface area contributed by atoms with E-state index in [0.29, 0.717) is 6.04 Å². The highest BCUT2D eigenvalue weighted by Gasteiger charge is 2.56. The Hall–Kier alpha value is -1.54. The molecule has 3 aliphatic rings. The van der Waals surface area contributed by atoms with Gasteiger partial charge in [-0.05, 0) is 74.3 Å². The lowest BCUT2D eigenvalue weighted by Crippen LogP contribution is -2.64. The molecule has 1 spiro atoms. The molecular formula is C21H34BN3O4. The van der Waals surface area contributed by atoms with Crippen molar-refractivity contribution in [1.29, 1.82) is 0 Å². The molecule has 0 N–H and O–H groups in total. The van der Waals surface area contributed by atoms with Crippen molar-refractivity contribution in [2.45, 2.75) is 91.1 Å². The van der Waals surface area contributed by atoms with Crippen molar-refractivity contribution in [3.05, 3.63) is 11.8 Å². The maximum Gasteiger partial charge on any atom is 0.516 e. The van der Waals surface area contributed by atoms with Gasteiger partial charge in [0.2, 0.25) is 0 Å². The fourth-order valence-corrected chi connectivity index (χ4v) is 4.55. The summed E-state index contributed by atoms with van der Waals surface area (Å²) in [5, 5.41) is 4.83. The van der Waals surface area contributed by atoms with Gasteiger partial charge in [-0.25, -0.2) is 4.79 Å². The largest absolute Gasteiger partial charge is 0.516 e. The van der Waals surface area contributed by atoms with Crippen molar-refractivity contribution in [3.8, 4) is 0 Å². The Labute approximate surface area is 174 Å². The van der Waals surface area contributed by atoms with Crippen LogP contribution in [-0.4, -0.2) is 57.8 Å². The van der Waals surface area contributed by atoms with Crippen LogP contribution in [0.5, 0.6) is 0 Å². The highest BCUT2D eigenvalue weighted by atomic mass is 16.7. The van der Waals surface area contributed by atoms with Crippen LogP contribution in [0, 0.1) is 12.3 Å². The molecular weight excluding hydrogens is 369 g/mol. The van der Waals surface area contributed by atoms with Gasteiger partial charge in [-0.1, -0.05) is 0 Å². The van der Waals surface area contributed by atoms with Crippen LogP contribution < -0.4 is 5.59 Å². The Bertz CT molecular complexity index is 796. The molecule has 3 fully saturated rings. The number of hydrogen-bond acceptors (Lipinski definition) is 5. The molecule has 4 rings (SSSR count). The number of aromatic nitrogens is 2. The molecule has 2 saturated heterocycles. The predicted octanol–water partition coefficient (Wildman–Crippen LogP) is 3.06. The van der Waals surface area contributed by atoms with E-state index < -0.39 is 12.7 Å². The van der Waals surface area contributed by atoms with Crippen molar-refractivity contribution in [2.24, 2.45) is 5.41 Å². The SMILES string of the molecule is Cc1cc(B2OC(C)(C)C(C)(C)O2)nn1C1CC2(C1)CN(C(=O)OC(C)(C)C)C2. The van der Waals surface area contributed by atoms with Gasteiger partial charge in [0.1, 0.15) is 5.60 Å². The maximum atomic E-state index is 12.2. The van der Waals surface area contributed by atoms with E-state index in [-0.39, 0.29) is 22.7 Å². The maximum absolute atomic E-state index is 12.2. The number of carbonyl (C=O) groups is 1. The van der Waals surface area contributed by atoms with Crippen LogP contribution in [0.15, 0.2) is 6.07 Å². The lowest BCUT2D eigenvalue weighted by Gasteiger charge is -2.58. The molecule has 0 bridgehead atoms. The Morgan fingerprint density at radius 2 is 1.72 bits per heavy atom. The first-order valence-electron chi connectivity index (χ1n) is 10.6. The molecule has 0 radical (unpaired) electrons. The van der Waals surface area contributed by atoms with Crippen molar-refractivity contribution in [2.75, 3.05) is 13.1 Å². The minimum Gasteiger partial charge on any atom is -0.444 e. The summed E-state index contributed by atoms with van der Waals surface area (Å²) in [6.45, 7) is 17.6. The third-order valence-electron chi connectivity index (χ3n) is 6.82.